The van der Waals surface area contributed by atoms with Gasteiger partial charge in [0.25, 0.3) is 15.2 Å². The maximum atomic E-state index is 11.5. The van der Waals surface area contributed by atoms with Crippen molar-refractivity contribution in [1.29, 1.82) is 0 Å². The average Bonchev–Trinajstić information content (AvgIpc) is 2.74. The Hall–Kier alpha value is -1.51. The lowest BCUT2D eigenvalue weighted by Crippen LogP contribution is -2.20. The van der Waals surface area contributed by atoms with Crippen LogP contribution in [0.4, 0.5) is 0 Å². The van der Waals surface area contributed by atoms with Crippen LogP contribution in [0.25, 0.3) is 11.5 Å². The Balaban J connectivity index is 2.65. The highest BCUT2D eigenvalue weighted by atomic mass is 35.5. The Morgan fingerprint density at radius 3 is 2.47 bits per heavy atom. The number of nitrogens with two attached hydrogens (primary N) is 1. The summed E-state index contributed by atoms with van der Waals surface area (Å²) in [6.07, 6.45) is 1.45. The van der Waals surface area contributed by atoms with Crippen LogP contribution >= 0.6 is 11.6 Å². The van der Waals surface area contributed by atoms with E-state index < -0.39 is 10.0 Å². The minimum Gasteiger partial charge on any atom is -0.293 e. The molecule has 2 N–H and O–H groups in total. The molecule has 0 radical (unpaired) electrons. The first-order chi connectivity index (χ1) is 8.80. The second-order valence-corrected chi connectivity index (χ2v) is 6.07. The fourth-order valence-electron chi connectivity index (χ4n) is 1.62. The second-order valence-electron chi connectivity index (χ2n) is 4.18. The van der Waals surface area contributed by atoms with Crippen molar-refractivity contribution in [3.05, 3.63) is 23.4 Å². The topological polar surface area (TPSA) is 104 Å². The second kappa shape index (κ2) is 4.87. The quantitative estimate of drug-likeness (QED) is 0.918. The molecule has 7 nitrogen and oxygen atoms in total. The Morgan fingerprint density at radius 1 is 1.32 bits per heavy atom. The molecule has 9 heteroatoms. The predicted molar refractivity (Wildman–Crippen MR) is 70.0 cm³/mol. The highest BCUT2D eigenvalue weighted by Crippen LogP contribution is 2.23. The van der Waals surface area contributed by atoms with Gasteiger partial charge in [-0.3, -0.25) is 9.55 Å². The van der Waals surface area contributed by atoms with Crippen LogP contribution in [0.3, 0.4) is 0 Å². The van der Waals surface area contributed by atoms with Gasteiger partial charge in [0.05, 0.1) is 5.02 Å². The van der Waals surface area contributed by atoms with E-state index in [4.69, 9.17) is 16.7 Å². The van der Waals surface area contributed by atoms with Crippen LogP contribution in [0.2, 0.25) is 5.02 Å². The monoisotopic (exact) mass is 301 g/mol. The van der Waals surface area contributed by atoms with Gasteiger partial charge in [0, 0.05) is 12.2 Å². The van der Waals surface area contributed by atoms with Gasteiger partial charge in [-0.05, 0) is 26.0 Å². The molecule has 2 heterocycles. The lowest BCUT2D eigenvalue weighted by atomic mass is 10.3. The van der Waals surface area contributed by atoms with E-state index in [2.05, 4.69) is 15.2 Å². The van der Waals surface area contributed by atoms with Crippen LogP contribution in [0.15, 0.2) is 23.5 Å². The molecule has 2 aromatic heterocycles. The average molecular weight is 302 g/mol. The Bertz CT molecular complexity index is 693. The van der Waals surface area contributed by atoms with Crippen LogP contribution in [0, 0.1) is 0 Å². The summed E-state index contributed by atoms with van der Waals surface area (Å²) in [5.74, 6) is 0.329. The van der Waals surface area contributed by atoms with E-state index >= 15 is 0 Å². The smallest absolute Gasteiger partial charge is 0.273 e. The van der Waals surface area contributed by atoms with E-state index in [0.29, 0.717) is 16.5 Å². The molecule has 2 aromatic rings. The van der Waals surface area contributed by atoms with Gasteiger partial charge in [-0.2, -0.15) is 0 Å². The number of sulfonamides is 1. The fraction of sp³-hybridized carbons (Fsp3) is 0.300. The maximum Gasteiger partial charge on any atom is 0.273 e. The van der Waals surface area contributed by atoms with Gasteiger partial charge in [-0.15, -0.1) is 10.2 Å². The number of nitrogens with zero attached hydrogens (tertiary/aromatic N) is 4. The molecule has 19 heavy (non-hydrogen) atoms. The zero-order chi connectivity index (χ0) is 14.2. The third kappa shape index (κ3) is 2.75. The van der Waals surface area contributed by atoms with Gasteiger partial charge in [0.1, 0.15) is 5.69 Å². The lowest BCUT2D eigenvalue weighted by molar-refractivity contribution is 0.524. The first-order valence-corrected chi connectivity index (χ1v) is 7.32. The fourth-order valence-corrected chi connectivity index (χ4v) is 2.46. The minimum atomic E-state index is -3.94. The molecular weight excluding hydrogens is 290 g/mol. The summed E-state index contributed by atoms with van der Waals surface area (Å²) in [6.45, 7) is 3.61. The molecule has 0 aliphatic rings. The molecule has 0 aromatic carbocycles. The SMILES string of the molecule is CC(C)n1c(-c2ccc(Cl)cn2)nnc1S(N)(=O)=O. The predicted octanol–water partition coefficient (Wildman–Crippen LogP) is 1.22. The zero-order valence-electron chi connectivity index (χ0n) is 10.3. The van der Waals surface area contributed by atoms with Crippen molar-refractivity contribution < 1.29 is 8.42 Å². The van der Waals surface area contributed by atoms with Gasteiger partial charge in [0.2, 0.25) is 0 Å². The van der Waals surface area contributed by atoms with Crippen molar-refractivity contribution in [1.82, 2.24) is 19.7 Å². The molecule has 0 atom stereocenters. The number of hydrogen-bond acceptors (Lipinski definition) is 5. The van der Waals surface area contributed by atoms with Crippen LogP contribution in [0.1, 0.15) is 19.9 Å². The Morgan fingerprint density at radius 2 is 2.00 bits per heavy atom. The normalized spacial score (nSPS) is 12.1. The summed E-state index contributed by atoms with van der Waals surface area (Å²) >= 11 is 5.76. The summed E-state index contributed by atoms with van der Waals surface area (Å²) < 4.78 is 24.4. The summed E-state index contributed by atoms with van der Waals surface area (Å²) in [5.41, 5.74) is 0.473. The van der Waals surface area contributed by atoms with E-state index in [0.717, 1.165) is 0 Å². The Labute approximate surface area is 115 Å². The number of halogens is 1. The largest absolute Gasteiger partial charge is 0.293 e. The van der Waals surface area contributed by atoms with Gasteiger partial charge >= 0.3 is 0 Å². The maximum absolute atomic E-state index is 11.5. The van der Waals surface area contributed by atoms with Gasteiger partial charge < -0.3 is 0 Å². The molecule has 0 aliphatic carbocycles. The van der Waals surface area contributed by atoms with Crippen LogP contribution in [-0.4, -0.2) is 28.2 Å². The molecule has 0 amide bonds. The first-order valence-electron chi connectivity index (χ1n) is 5.40. The Kier molecular flexibility index (Phi) is 3.57. The van der Waals surface area contributed by atoms with Crippen LogP contribution in [-0.2, 0) is 10.0 Å². The van der Waals surface area contributed by atoms with Gasteiger partial charge in [-0.1, -0.05) is 11.6 Å². The summed E-state index contributed by atoms with van der Waals surface area (Å²) in [5, 5.41) is 12.8. The van der Waals surface area contributed by atoms with E-state index in [1.165, 1.54) is 10.8 Å². The van der Waals surface area contributed by atoms with Crippen molar-refractivity contribution >= 4 is 21.6 Å². The third-order valence-electron chi connectivity index (χ3n) is 2.39. The highest BCUT2D eigenvalue weighted by molar-refractivity contribution is 7.89. The molecule has 2 rings (SSSR count). The van der Waals surface area contributed by atoms with E-state index in [-0.39, 0.29) is 11.2 Å². The number of primary sulfonamides is 1. The van der Waals surface area contributed by atoms with E-state index in [1.807, 2.05) is 0 Å². The van der Waals surface area contributed by atoms with E-state index in [1.54, 1.807) is 26.0 Å². The standard InChI is InChI=1S/C10H12ClN5O2S/c1-6(2)16-9(8-4-3-7(11)5-13-8)14-15-10(16)19(12,17)18/h3-6H,1-2H3,(H2,12,17,18). The minimum absolute atomic E-state index is 0.184. The first kappa shape index (κ1) is 13.9. The molecule has 0 aliphatic heterocycles. The van der Waals surface area contributed by atoms with Gasteiger partial charge in [0.15, 0.2) is 5.82 Å². The molecule has 0 saturated carbocycles. The number of aromatic nitrogens is 4. The molecule has 0 fully saturated rings. The number of rotatable bonds is 3. The van der Waals surface area contributed by atoms with Crippen LogP contribution in [0.5, 0.6) is 0 Å². The molecule has 0 saturated heterocycles. The van der Waals surface area contributed by atoms with Crippen LogP contribution < -0.4 is 5.14 Å². The lowest BCUT2D eigenvalue weighted by Gasteiger charge is -2.12. The molecule has 0 unspecified atom stereocenters. The van der Waals surface area contributed by atoms with Gasteiger partial charge in [-0.25, -0.2) is 13.6 Å². The van der Waals surface area contributed by atoms with Crippen molar-refractivity contribution in [2.45, 2.75) is 25.0 Å². The van der Waals surface area contributed by atoms with E-state index in [9.17, 15) is 8.42 Å². The molecular formula is C10H12ClN5O2S. The molecule has 102 valence electrons. The number of hydrogen-bond donors (Lipinski definition) is 1. The van der Waals surface area contributed by atoms with Crippen molar-refractivity contribution in [2.24, 2.45) is 5.14 Å². The summed E-state index contributed by atoms with van der Waals surface area (Å²) in [4.78, 5) is 4.10. The highest BCUT2D eigenvalue weighted by Gasteiger charge is 2.24. The van der Waals surface area contributed by atoms with Crippen molar-refractivity contribution in [2.75, 3.05) is 0 Å². The molecule has 0 spiro atoms. The number of pyridine rings is 1. The summed E-state index contributed by atoms with van der Waals surface area (Å²) in [6, 6.07) is 3.09. The zero-order valence-corrected chi connectivity index (χ0v) is 11.9. The summed E-state index contributed by atoms with van der Waals surface area (Å²) in [7, 11) is -3.94. The molecule has 0 bridgehead atoms. The third-order valence-corrected chi connectivity index (χ3v) is 3.40. The van der Waals surface area contributed by atoms with Crippen molar-refractivity contribution in [3.63, 3.8) is 0 Å². The van der Waals surface area contributed by atoms with Crippen molar-refractivity contribution in [3.8, 4) is 11.5 Å².